The third-order valence-corrected chi connectivity index (χ3v) is 9.79. The van der Waals surface area contributed by atoms with Gasteiger partial charge in [0.05, 0.1) is 40.0 Å². The fraction of sp³-hybridized carbons (Fsp3) is 0.178. The van der Waals surface area contributed by atoms with Gasteiger partial charge >= 0.3 is 5.97 Å². The number of ketones is 2. The lowest BCUT2D eigenvalue weighted by atomic mass is 10.0. The highest BCUT2D eigenvalue weighted by molar-refractivity contribution is 6.46. The van der Waals surface area contributed by atoms with Crippen LogP contribution < -0.4 is 20.9 Å². The average molecular weight is 767 g/mol. The van der Waals surface area contributed by atoms with Crippen LogP contribution in [0.4, 0.5) is 0 Å². The Morgan fingerprint density at radius 3 is 1.70 bits per heavy atom. The highest BCUT2D eigenvalue weighted by Crippen LogP contribution is 2.40. The molecule has 0 unspecified atom stereocenters. The quantitative estimate of drug-likeness (QED) is 0.0831. The first kappa shape index (κ1) is 39.5. The second-order valence-electron chi connectivity index (χ2n) is 13.2. The van der Waals surface area contributed by atoms with E-state index in [0.29, 0.717) is 59.2 Å². The molecule has 57 heavy (non-hydrogen) atoms. The number of fused-ring (bicyclic) bond motifs is 4. The first-order valence-corrected chi connectivity index (χ1v) is 18.4. The van der Waals surface area contributed by atoms with E-state index in [1.165, 1.54) is 0 Å². The number of ether oxygens (including phenoxy) is 2. The zero-order valence-corrected chi connectivity index (χ0v) is 31.8. The second kappa shape index (κ2) is 17.1. The van der Waals surface area contributed by atoms with Crippen LogP contribution in [-0.2, 0) is 40.3 Å². The number of carboxylic acids is 1. The molecule has 0 radical (unpaired) electrons. The number of hydrogen-bond donors (Lipinski definition) is 3. The third-order valence-electron chi connectivity index (χ3n) is 9.79. The summed E-state index contributed by atoms with van der Waals surface area (Å²) in [6, 6.07) is 34.7. The molecule has 0 fully saturated rings. The maximum atomic E-state index is 12.9. The summed E-state index contributed by atoms with van der Waals surface area (Å²) in [6.45, 7) is 4.35. The number of aliphatic carboxylic acids is 1. The van der Waals surface area contributed by atoms with Crippen LogP contribution in [0.2, 0.25) is 0 Å². The first-order chi connectivity index (χ1) is 27.5. The SMILES string of the molecule is CCc1c(C(=O)C(N)=O)c2c(OC)cc3ccccc3c2n1Cc1ccccc1.CCc1c(C(=O)C(N)=O)c2c(OCC(=O)O)cccc2n1Cc1ccccc1. The number of methoxy groups -OCH3 is 1. The molecule has 290 valence electrons. The minimum absolute atomic E-state index is 0.168. The van der Waals surface area contributed by atoms with Gasteiger partial charge in [0.1, 0.15) is 11.5 Å². The fourth-order valence-electron chi connectivity index (χ4n) is 7.44. The van der Waals surface area contributed by atoms with E-state index in [9.17, 15) is 24.0 Å². The van der Waals surface area contributed by atoms with E-state index in [-0.39, 0.29) is 11.3 Å². The van der Waals surface area contributed by atoms with Crippen LogP contribution in [0.1, 0.15) is 57.1 Å². The van der Waals surface area contributed by atoms with Crippen molar-refractivity contribution in [2.24, 2.45) is 11.5 Å². The Morgan fingerprint density at radius 1 is 0.632 bits per heavy atom. The Kier molecular flexibility index (Phi) is 11.8. The molecule has 0 saturated heterocycles. The topological polar surface area (TPSA) is 186 Å². The van der Waals surface area contributed by atoms with Gasteiger partial charge in [0.25, 0.3) is 23.4 Å². The summed E-state index contributed by atoms with van der Waals surface area (Å²) in [4.78, 5) is 60.0. The van der Waals surface area contributed by atoms with E-state index in [2.05, 4.69) is 4.57 Å². The summed E-state index contributed by atoms with van der Waals surface area (Å²) >= 11 is 0. The minimum atomic E-state index is -1.14. The van der Waals surface area contributed by atoms with E-state index < -0.39 is 36.0 Å². The number of carbonyl (C=O) groups excluding carboxylic acids is 4. The molecule has 0 aliphatic rings. The molecule has 2 amide bonds. The van der Waals surface area contributed by atoms with Gasteiger partial charge < -0.3 is 35.2 Å². The van der Waals surface area contributed by atoms with Crippen molar-refractivity contribution in [2.75, 3.05) is 13.7 Å². The van der Waals surface area contributed by atoms with E-state index in [1.807, 2.05) is 115 Å². The third kappa shape index (κ3) is 7.83. The summed E-state index contributed by atoms with van der Waals surface area (Å²) in [5, 5.41) is 12.0. The van der Waals surface area contributed by atoms with Gasteiger partial charge in [-0.05, 0) is 47.6 Å². The molecule has 7 rings (SSSR count). The molecular weight excluding hydrogens is 725 g/mol. The zero-order chi connectivity index (χ0) is 40.8. The molecule has 0 spiro atoms. The number of benzene rings is 5. The van der Waals surface area contributed by atoms with Crippen LogP contribution in [-0.4, -0.2) is 57.3 Å². The zero-order valence-electron chi connectivity index (χ0n) is 31.8. The van der Waals surface area contributed by atoms with Crippen LogP contribution in [0.5, 0.6) is 11.5 Å². The van der Waals surface area contributed by atoms with Crippen molar-refractivity contribution in [1.82, 2.24) is 9.13 Å². The molecule has 7 aromatic rings. The number of primary amides is 2. The molecule has 2 aromatic heterocycles. The predicted molar refractivity (Wildman–Crippen MR) is 218 cm³/mol. The van der Waals surface area contributed by atoms with E-state index >= 15 is 0 Å². The second-order valence-corrected chi connectivity index (χ2v) is 13.2. The van der Waals surface area contributed by atoms with E-state index in [4.69, 9.17) is 26.0 Å². The fourth-order valence-corrected chi connectivity index (χ4v) is 7.44. The van der Waals surface area contributed by atoms with Gasteiger partial charge in [-0.15, -0.1) is 0 Å². The summed E-state index contributed by atoms with van der Waals surface area (Å²) in [7, 11) is 1.57. The highest BCUT2D eigenvalue weighted by Gasteiger charge is 2.29. The number of amides is 2. The number of Topliss-reactive ketones (excluding diaryl/α,β-unsaturated/α-hetero) is 2. The lowest BCUT2D eigenvalue weighted by molar-refractivity contribution is -0.139. The number of carboxylic acid groups (broad SMARTS) is 1. The number of nitrogens with zero attached hydrogens (tertiary/aromatic N) is 2. The molecule has 5 aromatic carbocycles. The maximum absolute atomic E-state index is 12.9. The lowest BCUT2D eigenvalue weighted by Crippen LogP contribution is -2.24. The van der Waals surface area contributed by atoms with E-state index in [0.717, 1.165) is 33.1 Å². The van der Waals surface area contributed by atoms with Gasteiger partial charge in [-0.2, -0.15) is 0 Å². The average Bonchev–Trinajstić information content (AvgIpc) is 3.72. The monoisotopic (exact) mass is 766 g/mol. The van der Waals surface area contributed by atoms with Crippen molar-refractivity contribution < 1.29 is 38.6 Å². The normalized spacial score (nSPS) is 10.9. The van der Waals surface area contributed by atoms with Gasteiger partial charge in [-0.25, -0.2) is 4.79 Å². The molecule has 12 nitrogen and oxygen atoms in total. The maximum Gasteiger partial charge on any atom is 0.341 e. The standard InChI is InChI=1S/C24H22N2O3.C21H20N2O5/c1-3-18-20(23(27)24(25)28)21-19(29-2)13-16-11-7-8-12-17(16)22(21)26(18)14-15-9-5-4-6-10-15;1-2-14-19(20(26)21(22)27)18-15(9-6-10-16(18)28-12-17(24)25)23(14)11-13-7-4-3-5-8-13/h4-13H,3,14H2,1-2H3,(H2,25,28);3-10H,2,11-12H2,1H3,(H2,22,27)(H,24,25). The van der Waals surface area contributed by atoms with Crippen LogP contribution >= 0.6 is 0 Å². The molecule has 0 aliphatic carbocycles. The largest absolute Gasteiger partial charge is 0.496 e. The van der Waals surface area contributed by atoms with Crippen molar-refractivity contribution in [3.05, 3.63) is 143 Å². The molecule has 0 saturated carbocycles. The summed E-state index contributed by atoms with van der Waals surface area (Å²) in [5.41, 5.74) is 16.3. The Bertz CT molecular complexity index is 2660. The molecule has 2 heterocycles. The Labute approximate surface area is 328 Å². The highest BCUT2D eigenvalue weighted by atomic mass is 16.5. The minimum Gasteiger partial charge on any atom is -0.496 e. The van der Waals surface area contributed by atoms with Crippen molar-refractivity contribution >= 4 is 61.9 Å². The summed E-state index contributed by atoms with van der Waals surface area (Å²) in [6.07, 6.45) is 1.06. The van der Waals surface area contributed by atoms with Gasteiger partial charge in [-0.3, -0.25) is 19.2 Å². The Balaban J connectivity index is 0.000000193. The van der Waals surface area contributed by atoms with Gasteiger partial charge in [-0.1, -0.05) is 105 Å². The summed E-state index contributed by atoms with van der Waals surface area (Å²) in [5.74, 6) is -3.89. The molecule has 0 atom stereocenters. The Hall–Kier alpha value is -7.21. The number of rotatable bonds is 14. The number of hydrogen-bond acceptors (Lipinski definition) is 7. The van der Waals surface area contributed by atoms with Crippen molar-refractivity contribution in [3.63, 3.8) is 0 Å². The van der Waals surface area contributed by atoms with Gasteiger partial charge in [0.2, 0.25) is 0 Å². The molecule has 0 bridgehead atoms. The smallest absolute Gasteiger partial charge is 0.341 e. The first-order valence-electron chi connectivity index (χ1n) is 18.4. The Morgan fingerprint density at radius 2 is 1.16 bits per heavy atom. The van der Waals surface area contributed by atoms with Crippen LogP contribution in [0.3, 0.4) is 0 Å². The molecule has 5 N–H and O–H groups in total. The number of aromatic nitrogens is 2. The predicted octanol–water partition coefficient (Wildman–Crippen LogP) is 6.47. The van der Waals surface area contributed by atoms with Crippen LogP contribution in [0.15, 0.2) is 109 Å². The van der Waals surface area contributed by atoms with Gasteiger partial charge in [0, 0.05) is 29.9 Å². The van der Waals surface area contributed by atoms with Crippen LogP contribution in [0.25, 0.3) is 32.6 Å². The number of carbonyl (C=O) groups is 5. The molecular formula is C45H42N4O8. The number of nitrogens with two attached hydrogens (primary N) is 2. The molecule has 0 aliphatic heterocycles. The van der Waals surface area contributed by atoms with Crippen molar-refractivity contribution in [1.29, 1.82) is 0 Å². The van der Waals surface area contributed by atoms with E-state index in [1.54, 1.807) is 19.2 Å². The lowest BCUT2D eigenvalue weighted by Gasteiger charge is -2.13. The summed E-state index contributed by atoms with van der Waals surface area (Å²) < 4.78 is 15.1. The molecule has 12 heteroatoms. The van der Waals surface area contributed by atoms with Crippen LogP contribution in [0, 0.1) is 0 Å². The van der Waals surface area contributed by atoms with Crippen molar-refractivity contribution in [3.8, 4) is 11.5 Å². The van der Waals surface area contributed by atoms with Gasteiger partial charge in [0.15, 0.2) is 6.61 Å². The van der Waals surface area contributed by atoms with Crippen molar-refractivity contribution in [2.45, 2.75) is 39.8 Å².